The molecule has 0 aliphatic carbocycles. The summed E-state index contributed by atoms with van der Waals surface area (Å²) in [5.74, 6) is -0.556. The molecule has 0 N–H and O–H groups in total. The summed E-state index contributed by atoms with van der Waals surface area (Å²) in [5, 5.41) is 19.9. The Bertz CT molecular complexity index is 1270. The Balaban J connectivity index is 0.00000218. The lowest BCUT2D eigenvalue weighted by Gasteiger charge is -1.99. The van der Waals surface area contributed by atoms with Crippen molar-refractivity contribution in [3.63, 3.8) is 0 Å². The SMILES string of the molecule is O=C(Cn1c[n+](CC(=O)n2nnc3ccccc32)cn1)n1nnc2ccccc21.[I-]. The lowest BCUT2D eigenvalue weighted by atomic mass is 10.3. The van der Waals surface area contributed by atoms with Crippen molar-refractivity contribution >= 4 is 33.9 Å². The van der Waals surface area contributed by atoms with Gasteiger partial charge in [-0.2, -0.15) is 9.36 Å². The van der Waals surface area contributed by atoms with Crippen LogP contribution in [-0.4, -0.2) is 51.6 Å². The van der Waals surface area contributed by atoms with Crippen LogP contribution in [0.15, 0.2) is 61.2 Å². The smallest absolute Gasteiger partial charge is 0.286 e. The van der Waals surface area contributed by atoms with Gasteiger partial charge in [0.05, 0.1) is 11.0 Å². The van der Waals surface area contributed by atoms with Crippen LogP contribution in [0.25, 0.3) is 22.1 Å². The first-order chi connectivity index (χ1) is 14.2. The van der Waals surface area contributed by atoms with Gasteiger partial charge in [-0.1, -0.05) is 34.7 Å². The van der Waals surface area contributed by atoms with Gasteiger partial charge in [0.1, 0.15) is 11.0 Å². The fourth-order valence-corrected chi connectivity index (χ4v) is 3.06. The molecule has 0 radical (unpaired) electrons. The van der Waals surface area contributed by atoms with E-state index in [-0.39, 0.29) is 48.9 Å². The minimum Gasteiger partial charge on any atom is -1.00 e. The van der Waals surface area contributed by atoms with Gasteiger partial charge in [0.15, 0.2) is 13.1 Å². The molecule has 0 aliphatic heterocycles. The van der Waals surface area contributed by atoms with Crippen LogP contribution in [0.4, 0.5) is 0 Å². The largest absolute Gasteiger partial charge is 1.00 e. The second kappa shape index (κ2) is 8.06. The molecule has 0 bridgehead atoms. The Labute approximate surface area is 185 Å². The summed E-state index contributed by atoms with van der Waals surface area (Å²) in [7, 11) is 0. The maximum atomic E-state index is 12.6. The summed E-state index contributed by atoms with van der Waals surface area (Å²) in [6, 6.07) is 14.4. The zero-order valence-electron chi connectivity index (χ0n) is 15.4. The average Bonchev–Trinajstić information content (AvgIpc) is 3.45. The molecule has 0 spiro atoms. The van der Waals surface area contributed by atoms with E-state index in [2.05, 4.69) is 25.7 Å². The van der Waals surface area contributed by atoms with Crippen LogP contribution in [0, 0.1) is 0 Å². The first kappa shape index (κ1) is 19.8. The highest BCUT2D eigenvalue weighted by molar-refractivity contribution is 5.89. The minimum absolute atomic E-state index is 0. The molecule has 3 heterocycles. The van der Waals surface area contributed by atoms with Crippen molar-refractivity contribution in [3.8, 4) is 0 Å². The van der Waals surface area contributed by atoms with Crippen molar-refractivity contribution in [1.82, 2.24) is 39.8 Å². The molecule has 0 unspecified atom stereocenters. The number of hydrogen-bond acceptors (Lipinski definition) is 7. The maximum Gasteiger partial charge on any atom is 0.286 e. The monoisotopic (exact) mass is 515 g/mol. The summed E-state index contributed by atoms with van der Waals surface area (Å²) in [6.07, 6.45) is 3.05. The number of aromatic nitrogens is 9. The van der Waals surface area contributed by atoms with Gasteiger partial charge in [0, 0.05) is 5.10 Å². The Morgan fingerprint density at radius 2 is 1.40 bits per heavy atom. The number of nitrogens with zero attached hydrogens (tertiary/aromatic N) is 9. The summed E-state index contributed by atoms with van der Waals surface area (Å²) < 4.78 is 5.51. The zero-order valence-corrected chi connectivity index (χ0v) is 17.6. The predicted molar refractivity (Wildman–Crippen MR) is 98.7 cm³/mol. The van der Waals surface area contributed by atoms with Gasteiger partial charge in [0.2, 0.25) is 6.33 Å². The van der Waals surface area contributed by atoms with E-state index < -0.39 is 0 Å². The van der Waals surface area contributed by atoms with Crippen LogP contribution in [0.3, 0.4) is 0 Å². The number of hydrogen-bond donors (Lipinski definition) is 0. The first-order valence-corrected chi connectivity index (χ1v) is 8.78. The molecule has 0 aliphatic rings. The van der Waals surface area contributed by atoms with E-state index in [1.165, 1.54) is 20.4 Å². The molecule has 0 saturated carbocycles. The third-order valence-electron chi connectivity index (χ3n) is 4.42. The van der Waals surface area contributed by atoms with Gasteiger partial charge in [-0.3, -0.25) is 9.59 Å². The van der Waals surface area contributed by atoms with Crippen molar-refractivity contribution in [2.75, 3.05) is 0 Å². The van der Waals surface area contributed by atoms with E-state index in [4.69, 9.17) is 0 Å². The Morgan fingerprint density at radius 3 is 2.03 bits per heavy atom. The number of para-hydroxylation sites is 2. The highest BCUT2D eigenvalue weighted by atomic mass is 127. The maximum absolute atomic E-state index is 12.6. The van der Waals surface area contributed by atoms with Gasteiger partial charge in [0.25, 0.3) is 18.1 Å². The number of carbonyl (C=O) groups excluding carboxylic acids is 2. The quantitative estimate of drug-likeness (QED) is 0.190. The number of carbonyl (C=O) groups is 2. The molecule has 0 saturated heterocycles. The molecule has 12 heteroatoms. The lowest BCUT2D eigenvalue weighted by Crippen LogP contribution is -3.00. The van der Waals surface area contributed by atoms with Crippen molar-refractivity contribution in [2.45, 2.75) is 13.1 Å². The Hall–Kier alpha value is -3.55. The Kier molecular flexibility index (Phi) is 5.31. The molecule has 5 aromatic rings. The molecule has 0 amide bonds. The number of benzene rings is 2. The van der Waals surface area contributed by atoms with Crippen LogP contribution in [-0.2, 0) is 13.1 Å². The van der Waals surface area contributed by atoms with Gasteiger partial charge in [-0.25, -0.2) is 4.57 Å². The van der Waals surface area contributed by atoms with Crippen molar-refractivity contribution < 1.29 is 38.1 Å². The van der Waals surface area contributed by atoms with E-state index in [1.807, 2.05) is 24.3 Å². The standard InChI is InChI=1S/C18H14N9O2.HI/c28-17(26-15-7-3-1-5-13(15)20-22-26)9-24-11-19-25(12-24)10-18(29)27-16-8-4-2-6-14(16)21-23-27;/h1-8,11-12H,9-10H2;1H/q+1;/p-1. The van der Waals surface area contributed by atoms with Crippen LogP contribution in [0.5, 0.6) is 0 Å². The summed E-state index contributed by atoms with van der Waals surface area (Å²) >= 11 is 0. The van der Waals surface area contributed by atoms with Gasteiger partial charge in [-0.15, -0.1) is 14.9 Å². The van der Waals surface area contributed by atoms with E-state index in [0.717, 1.165) is 0 Å². The second-order valence-electron chi connectivity index (χ2n) is 6.38. The third-order valence-corrected chi connectivity index (χ3v) is 4.42. The topological polar surface area (TPSA) is 117 Å². The highest BCUT2D eigenvalue weighted by Gasteiger charge is 2.19. The predicted octanol–water partition coefficient (Wildman–Crippen LogP) is -2.66. The molecule has 3 aromatic heterocycles. The van der Waals surface area contributed by atoms with Gasteiger partial charge in [-0.05, 0) is 24.3 Å². The first-order valence-electron chi connectivity index (χ1n) is 8.78. The minimum atomic E-state index is -0.289. The molecular weight excluding hydrogens is 501 g/mol. The van der Waals surface area contributed by atoms with Gasteiger partial charge < -0.3 is 24.0 Å². The van der Waals surface area contributed by atoms with E-state index in [9.17, 15) is 9.59 Å². The van der Waals surface area contributed by atoms with Crippen LogP contribution >= 0.6 is 0 Å². The molecular formula is C18H14IN9O2. The fraction of sp³-hybridized carbons (Fsp3) is 0.111. The lowest BCUT2D eigenvalue weighted by molar-refractivity contribution is -0.684. The molecule has 30 heavy (non-hydrogen) atoms. The molecule has 0 fully saturated rings. The average molecular weight is 515 g/mol. The third kappa shape index (κ3) is 3.56. The summed E-state index contributed by atoms with van der Waals surface area (Å²) in [5.41, 5.74) is 2.55. The van der Waals surface area contributed by atoms with Crippen LogP contribution in [0.1, 0.15) is 9.59 Å². The van der Waals surface area contributed by atoms with Crippen molar-refractivity contribution in [2.24, 2.45) is 0 Å². The second-order valence-corrected chi connectivity index (χ2v) is 6.38. The number of fused-ring (bicyclic) bond motifs is 2. The summed E-state index contributed by atoms with van der Waals surface area (Å²) in [4.78, 5) is 25.1. The molecule has 0 atom stereocenters. The molecule has 2 aromatic carbocycles. The van der Waals surface area contributed by atoms with Crippen LogP contribution in [0.2, 0.25) is 0 Å². The normalized spacial score (nSPS) is 10.9. The molecule has 150 valence electrons. The van der Waals surface area contributed by atoms with Crippen LogP contribution < -0.4 is 28.5 Å². The van der Waals surface area contributed by atoms with E-state index in [1.54, 1.807) is 35.2 Å². The van der Waals surface area contributed by atoms with E-state index >= 15 is 0 Å². The van der Waals surface area contributed by atoms with Crippen molar-refractivity contribution in [1.29, 1.82) is 0 Å². The molecule has 11 nitrogen and oxygen atoms in total. The van der Waals surface area contributed by atoms with Crippen molar-refractivity contribution in [3.05, 3.63) is 61.2 Å². The fourth-order valence-electron chi connectivity index (χ4n) is 3.06. The number of halogens is 1. The Morgan fingerprint density at radius 1 is 0.833 bits per heavy atom. The zero-order chi connectivity index (χ0) is 19.8. The molecule has 5 rings (SSSR count). The number of rotatable bonds is 4. The van der Waals surface area contributed by atoms with Gasteiger partial charge >= 0.3 is 0 Å². The highest BCUT2D eigenvalue weighted by Crippen LogP contribution is 2.10. The van der Waals surface area contributed by atoms with E-state index in [0.29, 0.717) is 22.1 Å². The summed E-state index contributed by atoms with van der Waals surface area (Å²) in [6.45, 7) is -0.0331.